The van der Waals surface area contributed by atoms with Crippen molar-refractivity contribution in [2.24, 2.45) is 5.92 Å². The summed E-state index contributed by atoms with van der Waals surface area (Å²) in [6, 6.07) is -0.0617. The van der Waals surface area contributed by atoms with Crippen LogP contribution in [-0.4, -0.2) is 38.1 Å². The number of halogens is 4. The summed E-state index contributed by atoms with van der Waals surface area (Å²) < 4.78 is 54.3. The van der Waals surface area contributed by atoms with Crippen LogP contribution in [0.25, 0.3) is 0 Å². The minimum Gasteiger partial charge on any atom is -0.373 e. The molecule has 0 spiro atoms. The van der Waals surface area contributed by atoms with Gasteiger partial charge in [-0.1, -0.05) is 33.6 Å². The molecule has 2 nitrogen and oxygen atoms in total. The number of nitrogens with one attached hydrogen (secondary N) is 1. The van der Waals surface area contributed by atoms with Gasteiger partial charge in [0.05, 0.1) is 6.61 Å². The van der Waals surface area contributed by atoms with E-state index in [-0.39, 0.29) is 12.6 Å². The Kier molecular flexibility index (Phi) is 10.2. The van der Waals surface area contributed by atoms with Crippen LogP contribution >= 0.6 is 0 Å². The molecule has 0 saturated carbocycles. The van der Waals surface area contributed by atoms with Crippen molar-refractivity contribution in [1.29, 1.82) is 0 Å². The maximum Gasteiger partial charge on any atom is 0.330 e. The van der Waals surface area contributed by atoms with Crippen LogP contribution in [0.3, 0.4) is 0 Å². The molecule has 0 aromatic heterocycles. The van der Waals surface area contributed by atoms with E-state index in [9.17, 15) is 17.6 Å². The zero-order valence-electron chi connectivity index (χ0n) is 12.6. The molecule has 0 heterocycles. The van der Waals surface area contributed by atoms with E-state index >= 15 is 0 Å². The van der Waals surface area contributed by atoms with Crippen LogP contribution in [-0.2, 0) is 4.74 Å². The van der Waals surface area contributed by atoms with E-state index in [0.29, 0.717) is 5.92 Å². The number of ether oxygens (including phenoxy) is 1. The summed E-state index contributed by atoms with van der Waals surface area (Å²) in [6.45, 7) is 5.75. The first-order valence-corrected chi connectivity index (χ1v) is 7.34. The van der Waals surface area contributed by atoms with E-state index in [0.717, 1.165) is 32.2 Å². The minimum atomic E-state index is -4.07. The first-order chi connectivity index (χ1) is 9.37. The fourth-order valence-electron chi connectivity index (χ4n) is 1.98. The van der Waals surface area contributed by atoms with Crippen molar-refractivity contribution in [3.63, 3.8) is 0 Å². The molecule has 0 amide bonds. The van der Waals surface area contributed by atoms with E-state index in [1.54, 1.807) is 0 Å². The molecule has 1 atom stereocenters. The van der Waals surface area contributed by atoms with Gasteiger partial charge in [-0.15, -0.1) is 0 Å². The summed E-state index contributed by atoms with van der Waals surface area (Å²) in [5.74, 6) is -3.58. The van der Waals surface area contributed by atoms with E-state index < -0.39 is 19.0 Å². The highest BCUT2D eigenvalue weighted by atomic mass is 19.3. The standard InChI is InChI=1S/C14H27F4NO/c1-4-7-19-12(8-11(5-2)6-3)9-20-10-14(17,18)13(15)16/h11-13,19H,4-10H2,1-3H3. The lowest BCUT2D eigenvalue weighted by molar-refractivity contribution is -0.167. The van der Waals surface area contributed by atoms with Crippen LogP contribution in [0, 0.1) is 5.92 Å². The second-order valence-corrected chi connectivity index (χ2v) is 5.15. The van der Waals surface area contributed by atoms with E-state index in [1.165, 1.54) is 0 Å². The van der Waals surface area contributed by atoms with Gasteiger partial charge < -0.3 is 10.1 Å². The molecule has 0 aromatic rings. The first kappa shape index (κ1) is 19.6. The van der Waals surface area contributed by atoms with E-state index in [4.69, 9.17) is 4.74 Å². The SMILES string of the molecule is CCCNC(COCC(F)(F)C(F)F)CC(CC)CC. The van der Waals surface area contributed by atoms with Gasteiger partial charge in [-0.2, -0.15) is 8.78 Å². The molecule has 6 heteroatoms. The van der Waals surface area contributed by atoms with Gasteiger partial charge in [0, 0.05) is 6.04 Å². The molecular weight excluding hydrogens is 274 g/mol. The summed E-state index contributed by atoms with van der Waals surface area (Å²) in [7, 11) is 0. The molecule has 0 aliphatic rings. The molecule has 0 aliphatic heterocycles. The minimum absolute atomic E-state index is 0.0405. The van der Waals surface area contributed by atoms with Gasteiger partial charge in [0.2, 0.25) is 0 Å². The normalized spacial score (nSPS) is 14.2. The molecular formula is C14H27F4NO. The van der Waals surface area contributed by atoms with E-state index in [2.05, 4.69) is 19.2 Å². The van der Waals surface area contributed by atoms with Crippen molar-refractivity contribution in [3.05, 3.63) is 0 Å². The molecule has 0 bridgehead atoms. The zero-order chi connectivity index (χ0) is 15.6. The average Bonchev–Trinajstić information content (AvgIpc) is 2.40. The first-order valence-electron chi connectivity index (χ1n) is 7.34. The Labute approximate surface area is 119 Å². The van der Waals surface area contributed by atoms with Crippen LogP contribution < -0.4 is 5.32 Å². The van der Waals surface area contributed by atoms with Crippen LogP contribution in [0.1, 0.15) is 46.5 Å². The molecule has 0 aliphatic carbocycles. The number of rotatable bonds is 12. The van der Waals surface area contributed by atoms with Crippen LogP contribution in [0.5, 0.6) is 0 Å². The monoisotopic (exact) mass is 301 g/mol. The molecule has 1 N–H and O–H groups in total. The van der Waals surface area contributed by atoms with Crippen LogP contribution in [0.2, 0.25) is 0 Å². The Balaban J connectivity index is 4.22. The fraction of sp³-hybridized carbons (Fsp3) is 1.00. The third-order valence-corrected chi connectivity index (χ3v) is 3.39. The summed E-state index contributed by atoms with van der Waals surface area (Å²) >= 11 is 0. The third kappa shape index (κ3) is 8.04. The summed E-state index contributed by atoms with van der Waals surface area (Å²) in [4.78, 5) is 0. The topological polar surface area (TPSA) is 21.3 Å². The Morgan fingerprint density at radius 1 is 1.10 bits per heavy atom. The highest BCUT2D eigenvalue weighted by molar-refractivity contribution is 4.73. The molecule has 0 aromatic carbocycles. The zero-order valence-corrected chi connectivity index (χ0v) is 12.6. The van der Waals surface area contributed by atoms with Crippen molar-refractivity contribution in [1.82, 2.24) is 5.32 Å². The quantitative estimate of drug-likeness (QED) is 0.548. The Morgan fingerprint density at radius 2 is 1.70 bits per heavy atom. The largest absolute Gasteiger partial charge is 0.373 e. The van der Waals surface area contributed by atoms with E-state index in [1.807, 2.05) is 6.92 Å². The van der Waals surface area contributed by atoms with Crippen molar-refractivity contribution >= 4 is 0 Å². The second-order valence-electron chi connectivity index (χ2n) is 5.15. The number of hydrogen-bond acceptors (Lipinski definition) is 2. The average molecular weight is 301 g/mol. The molecule has 122 valence electrons. The van der Waals surface area contributed by atoms with Crippen LogP contribution in [0.15, 0.2) is 0 Å². The molecule has 0 rings (SSSR count). The number of alkyl halides is 4. The molecule has 0 radical (unpaired) electrons. The molecule has 0 saturated heterocycles. The van der Waals surface area contributed by atoms with Crippen molar-refractivity contribution in [2.45, 2.75) is 64.8 Å². The lowest BCUT2D eigenvalue weighted by Crippen LogP contribution is -2.39. The Hall–Kier alpha value is -0.360. The highest BCUT2D eigenvalue weighted by Crippen LogP contribution is 2.23. The molecule has 1 unspecified atom stereocenters. The van der Waals surface area contributed by atoms with Gasteiger partial charge in [-0.3, -0.25) is 0 Å². The van der Waals surface area contributed by atoms with Gasteiger partial charge in [-0.05, 0) is 25.3 Å². The summed E-state index contributed by atoms with van der Waals surface area (Å²) in [5.41, 5.74) is 0. The number of hydrogen-bond donors (Lipinski definition) is 1. The lowest BCUT2D eigenvalue weighted by atomic mass is 9.95. The Bertz CT molecular complexity index is 235. The second kappa shape index (κ2) is 10.4. The maximum atomic E-state index is 12.7. The van der Waals surface area contributed by atoms with Gasteiger partial charge in [0.25, 0.3) is 0 Å². The van der Waals surface area contributed by atoms with Gasteiger partial charge in [0.1, 0.15) is 6.61 Å². The maximum absolute atomic E-state index is 12.7. The fourth-order valence-corrected chi connectivity index (χ4v) is 1.98. The van der Waals surface area contributed by atoms with Crippen molar-refractivity contribution in [2.75, 3.05) is 19.8 Å². The third-order valence-electron chi connectivity index (χ3n) is 3.39. The summed E-state index contributed by atoms with van der Waals surface area (Å²) in [6.07, 6.45) is 0.0746. The molecule has 20 heavy (non-hydrogen) atoms. The van der Waals surface area contributed by atoms with Crippen molar-refractivity contribution < 1.29 is 22.3 Å². The van der Waals surface area contributed by atoms with Gasteiger partial charge >= 0.3 is 12.3 Å². The lowest BCUT2D eigenvalue weighted by Gasteiger charge is -2.24. The Morgan fingerprint density at radius 3 is 2.15 bits per heavy atom. The molecule has 0 fully saturated rings. The van der Waals surface area contributed by atoms with Gasteiger partial charge in [0.15, 0.2) is 0 Å². The van der Waals surface area contributed by atoms with Crippen LogP contribution in [0.4, 0.5) is 17.6 Å². The highest BCUT2D eigenvalue weighted by Gasteiger charge is 2.41. The smallest absolute Gasteiger partial charge is 0.330 e. The predicted molar refractivity (Wildman–Crippen MR) is 72.5 cm³/mol. The predicted octanol–water partition coefficient (Wildman–Crippen LogP) is 4.10. The summed E-state index contributed by atoms with van der Waals surface area (Å²) in [5, 5.41) is 3.23. The van der Waals surface area contributed by atoms with Gasteiger partial charge in [-0.25, -0.2) is 8.78 Å². The van der Waals surface area contributed by atoms with Crippen molar-refractivity contribution in [3.8, 4) is 0 Å².